The highest BCUT2D eigenvalue weighted by molar-refractivity contribution is 7.09. The van der Waals surface area contributed by atoms with Gasteiger partial charge < -0.3 is 5.73 Å². The van der Waals surface area contributed by atoms with Crippen LogP contribution in [0.2, 0.25) is 0 Å². The van der Waals surface area contributed by atoms with Gasteiger partial charge >= 0.3 is 0 Å². The molecule has 0 bridgehead atoms. The van der Waals surface area contributed by atoms with E-state index in [1.807, 2.05) is 11.3 Å². The molecule has 114 valence electrons. The van der Waals surface area contributed by atoms with E-state index in [-0.39, 0.29) is 0 Å². The molecule has 0 aliphatic heterocycles. The zero-order chi connectivity index (χ0) is 14.5. The lowest BCUT2D eigenvalue weighted by Gasteiger charge is -2.38. The first-order valence-corrected chi connectivity index (χ1v) is 8.98. The molecule has 20 heavy (non-hydrogen) atoms. The third-order valence-corrected chi connectivity index (χ3v) is 5.79. The Bertz CT molecular complexity index is 374. The van der Waals surface area contributed by atoms with Crippen molar-refractivity contribution in [3.8, 4) is 0 Å². The first-order chi connectivity index (χ1) is 9.60. The molecule has 1 aliphatic carbocycles. The fourth-order valence-corrected chi connectivity index (χ4v) is 4.15. The Morgan fingerprint density at radius 3 is 2.80 bits per heavy atom. The van der Waals surface area contributed by atoms with Crippen LogP contribution in [0.5, 0.6) is 0 Å². The van der Waals surface area contributed by atoms with Crippen molar-refractivity contribution < 1.29 is 0 Å². The second-order valence-electron chi connectivity index (χ2n) is 6.65. The highest BCUT2D eigenvalue weighted by atomic mass is 32.1. The Morgan fingerprint density at radius 2 is 2.20 bits per heavy atom. The van der Waals surface area contributed by atoms with Gasteiger partial charge in [0.1, 0.15) is 0 Å². The first-order valence-electron chi connectivity index (χ1n) is 8.10. The number of rotatable bonds is 6. The van der Waals surface area contributed by atoms with Crippen molar-refractivity contribution in [3.05, 3.63) is 22.4 Å². The van der Waals surface area contributed by atoms with Crippen LogP contribution in [0.15, 0.2) is 17.5 Å². The summed E-state index contributed by atoms with van der Waals surface area (Å²) >= 11 is 1.86. The molecule has 0 aromatic carbocycles. The SMILES string of the molecule is CCN(Cc1cccs1)CC1CC(C(C)C)CCC1N. The normalized spacial score (nSPS) is 27.4. The van der Waals surface area contributed by atoms with E-state index in [4.69, 9.17) is 5.73 Å². The Hall–Kier alpha value is -0.380. The van der Waals surface area contributed by atoms with Crippen LogP contribution in [0.25, 0.3) is 0 Å². The smallest absolute Gasteiger partial charge is 0.0327 e. The quantitative estimate of drug-likeness (QED) is 0.860. The second kappa shape index (κ2) is 7.58. The van der Waals surface area contributed by atoms with Gasteiger partial charge in [0.05, 0.1) is 0 Å². The van der Waals surface area contributed by atoms with E-state index in [0.717, 1.165) is 24.9 Å². The zero-order valence-electron chi connectivity index (χ0n) is 13.2. The molecular formula is C17H30N2S. The summed E-state index contributed by atoms with van der Waals surface area (Å²) in [6.07, 6.45) is 3.86. The zero-order valence-corrected chi connectivity index (χ0v) is 14.0. The van der Waals surface area contributed by atoms with Crippen molar-refractivity contribution in [2.45, 2.75) is 52.6 Å². The van der Waals surface area contributed by atoms with Crippen molar-refractivity contribution in [2.24, 2.45) is 23.5 Å². The molecule has 1 aromatic heterocycles. The monoisotopic (exact) mass is 294 g/mol. The minimum atomic E-state index is 0.405. The minimum Gasteiger partial charge on any atom is -0.327 e. The van der Waals surface area contributed by atoms with Crippen molar-refractivity contribution in [1.82, 2.24) is 4.90 Å². The number of hydrogen-bond donors (Lipinski definition) is 1. The topological polar surface area (TPSA) is 29.3 Å². The van der Waals surface area contributed by atoms with Crippen LogP contribution in [0, 0.1) is 17.8 Å². The van der Waals surface area contributed by atoms with E-state index in [0.29, 0.717) is 12.0 Å². The van der Waals surface area contributed by atoms with E-state index < -0.39 is 0 Å². The Morgan fingerprint density at radius 1 is 1.40 bits per heavy atom. The summed E-state index contributed by atoms with van der Waals surface area (Å²) in [7, 11) is 0. The molecule has 1 fully saturated rings. The number of nitrogens with two attached hydrogens (primary N) is 1. The fourth-order valence-electron chi connectivity index (χ4n) is 3.40. The van der Waals surface area contributed by atoms with Gasteiger partial charge in [-0.3, -0.25) is 4.90 Å². The van der Waals surface area contributed by atoms with Gasteiger partial charge in [-0.1, -0.05) is 26.8 Å². The largest absolute Gasteiger partial charge is 0.327 e. The van der Waals surface area contributed by atoms with Gasteiger partial charge in [-0.05, 0) is 55.0 Å². The second-order valence-corrected chi connectivity index (χ2v) is 7.68. The van der Waals surface area contributed by atoms with Gasteiger partial charge in [0.25, 0.3) is 0 Å². The average Bonchev–Trinajstić information content (AvgIpc) is 2.92. The van der Waals surface area contributed by atoms with Crippen LogP contribution >= 0.6 is 11.3 Å². The summed E-state index contributed by atoms with van der Waals surface area (Å²) in [5.74, 6) is 2.36. The molecule has 0 saturated heterocycles. The van der Waals surface area contributed by atoms with Gasteiger partial charge in [0.2, 0.25) is 0 Å². The molecule has 1 aliphatic rings. The van der Waals surface area contributed by atoms with Gasteiger partial charge in [-0.25, -0.2) is 0 Å². The van der Waals surface area contributed by atoms with Crippen LogP contribution in [0.4, 0.5) is 0 Å². The standard InChI is InChI=1S/C17H30N2S/c1-4-19(12-16-6-5-9-20-16)11-15-10-14(13(2)3)7-8-17(15)18/h5-6,9,13-15,17H,4,7-8,10-12,18H2,1-3H3. The molecule has 2 nitrogen and oxygen atoms in total. The predicted octanol–water partition coefficient (Wildman–Crippen LogP) is 3.97. The maximum absolute atomic E-state index is 6.39. The third kappa shape index (κ3) is 4.31. The maximum atomic E-state index is 6.39. The van der Waals surface area contributed by atoms with Crippen molar-refractivity contribution >= 4 is 11.3 Å². The van der Waals surface area contributed by atoms with E-state index in [9.17, 15) is 0 Å². The van der Waals surface area contributed by atoms with E-state index in [1.165, 1.54) is 30.7 Å². The summed E-state index contributed by atoms with van der Waals surface area (Å²) in [5.41, 5.74) is 6.39. The summed E-state index contributed by atoms with van der Waals surface area (Å²) in [6.45, 7) is 10.4. The number of nitrogens with zero attached hydrogens (tertiary/aromatic N) is 1. The lowest BCUT2D eigenvalue weighted by Crippen LogP contribution is -2.43. The lowest BCUT2D eigenvalue weighted by atomic mass is 9.73. The van der Waals surface area contributed by atoms with E-state index >= 15 is 0 Å². The molecule has 3 unspecified atom stereocenters. The molecule has 3 heteroatoms. The molecule has 0 radical (unpaired) electrons. The molecule has 3 atom stereocenters. The van der Waals surface area contributed by atoms with Gasteiger partial charge in [0.15, 0.2) is 0 Å². The summed E-state index contributed by atoms with van der Waals surface area (Å²) < 4.78 is 0. The Balaban J connectivity index is 1.91. The van der Waals surface area contributed by atoms with Crippen molar-refractivity contribution in [1.29, 1.82) is 0 Å². The highest BCUT2D eigenvalue weighted by Gasteiger charge is 2.30. The van der Waals surface area contributed by atoms with Crippen LogP contribution in [-0.4, -0.2) is 24.0 Å². The molecule has 1 aromatic rings. The summed E-state index contributed by atoms with van der Waals surface area (Å²) in [6, 6.07) is 4.79. The molecule has 0 amide bonds. The summed E-state index contributed by atoms with van der Waals surface area (Å²) in [4.78, 5) is 4.04. The lowest BCUT2D eigenvalue weighted by molar-refractivity contribution is 0.136. The molecular weight excluding hydrogens is 264 g/mol. The van der Waals surface area contributed by atoms with E-state index in [1.54, 1.807) is 0 Å². The Kier molecular flexibility index (Phi) is 6.06. The van der Waals surface area contributed by atoms with Crippen molar-refractivity contribution in [3.63, 3.8) is 0 Å². The van der Waals surface area contributed by atoms with Crippen LogP contribution in [-0.2, 0) is 6.54 Å². The molecule has 0 spiro atoms. The maximum Gasteiger partial charge on any atom is 0.0327 e. The molecule has 1 heterocycles. The summed E-state index contributed by atoms with van der Waals surface area (Å²) in [5, 5.41) is 2.17. The first kappa shape index (κ1) is 16.0. The van der Waals surface area contributed by atoms with Crippen molar-refractivity contribution in [2.75, 3.05) is 13.1 Å². The predicted molar refractivity (Wildman–Crippen MR) is 88.9 cm³/mol. The van der Waals surface area contributed by atoms with Gasteiger partial charge in [-0.15, -0.1) is 11.3 Å². The number of thiophene rings is 1. The fraction of sp³-hybridized carbons (Fsp3) is 0.765. The third-order valence-electron chi connectivity index (χ3n) is 4.92. The molecule has 2 N–H and O–H groups in total. The van der Waals surface area contributed by atoms with Gasteiger partial charge in [0, 0.05) is 24.0 Å². The Labute approximate surface area is 128 Å². The molecule has 1 saturated carbocycles. The minimum absolute atomic E-state index is 0.405. The van der Waals surface area contributed by atoms with Crippen LogP contribution in [0.1, 0.15) is 44.9 Å². The molecule has 2 rings (SSSR count). The van der Waals surface area contributed by atoms with Crippen LogP contribution < -0.4 is 5.73 Å². The van der Waals surface area contributed by atoms with E-state index in [2.05, 4.69) is 43.2 Å². The average molecular weight is 295 g/mol. The highest BCUT2D eigenvalue weighted by Crippen LogP contribution is 2.33. The number of hydrogen-bond acceptors (Lipinski definition) is 3. The van der Waals surface area contributed by atoms with Crippen LogP contribution in [0.3, 0.4) is 0 Å². The van der Waals surface area contributed by atoms with Gasteiger partial charge in [-0.2, -0.15) is 0 Å².